The highest BCUT2D eigenvalue weighted by Gasteiger charge is 2.19. The van der Waals surface area contributed by atoms with E-state index in [0.29, 0.717) is 12.0 Å². The molecule has 0 radical (unpaired) electrons. The van der Waals surface area contributed by atoms with Gasteiger partial charge in [0.25, 0.3) is 0 Å². The zero-order chi connectivity index (χ0) is 27.8. The summed E-state index contributed by atoms with van der Waals surface area (Å²) in [6.07, 6.45) is 21.7. The van der Waals surface area contributed by atoms with Crippen molar-refractivity contribution in [2.24, 2.45) is 0 Å². The summed E-state index contributed by atoms with van der Waals surface area (Å²) in [6, 6.07) is 6.56. The number of unbranched alkanes of at least 4 members (excludes halogenated alkanes) is 14. The summed E-state index contributed by atoms with van der Waals surface area (Å²) in [7, 11) is -4.35. The molecule has 0 saturated heterocycles. The molecule has 0 aliphatic rings. The number of benzene rings is 1. The van der Waals surface area contributed by atoms with Gasteiger partial charge in [-0.05, 0) is 58.1 Å². The second kappa shape index (κ2) is 23.0. The van der Waals surface area contributed by atoms with E-state index < -0.39 is 10.1 Å². The van der Waals surface area contributed by atoms with E-state index in [9.17, 15) is 13.0 Å². The summed E-state index contributed by atoms with van der Waals surface area (Å²) in [4.78, 5) is -0.0501. The molecule has 0 heterocycles. The lowest BCUT2D eigenvalue weighted by atomic mass is 10.0. The third kappa shape index (κ3) is 18.1. The minimum absolute atomic E-state index is 0.0501. The third-order valence-electron chi connectivity index (χ3n) is 8.04. The average Bonchev–Trinajstić information content (AvgIpc) is 2.90. The summed E-state index contributed by atoms with van der Waals surface area (Å²) < 4.78 is 34.9. The molecule has 0 spiro atoms. The topological polar surface area (TPSA) is 57.2 Å². The summed E-state index contributed by atoms with van der Waals surface area (Å²) in [5, 5.41) is 0. The van der Waals surface area contributed by atoms with Crippen LogP contribution in [0.3, 0.4) is 0 Å². The SMILES string of the molecule is CCCCCCCCCCCCc1ccccc1S(=O)(=O)[O-].CCCCCCCC[N+](CC)(CC)CC. The van der Waals surface area contributed by atoms with Crippen LogP contribution < -0.4 is 0 Å². The van der Waals surface area contributed by atoms with Crippen molar-refractivity contribution in [1.29, 1.82) is 0 Å². The molecule has 37 heavy (non-hydrogen) atoms. The lowest BCUT2D eigenvalue weighted by Crippen LogP contribution is -2.48. The van der Waals surface area contributed by atoms with Gasteiger partial charge >= 0.3 is 0 Å². The predicted octanol–water partition coefficient (Wildman–Crippen LogP) is 9.28. The smallest absolute Gasteiger partial charge is 0.124 e. The maximum absolute atomic E-state index is 11.2. The number of rotatable bonds is 22. The van der Waals surface area contributed by atoms with Gasteiger partial charge in [0.05, 0.1) is 31.1 Å². The molecular formula is C32H61NO3S. The molecule has 0 N–H and O–H groups in total. The minimum Gasteiger partial charge on any atom is -0.744 e. The van der Waals surface area contributed by atoms with E-state index in [2.05, 4.69) is 34.6 Å². The molecular weight excluding hydrogens is 478 g/mol. The zero-order valence-electron chi connectivity index (χ0n) is 25.2. The van der Waals surface area contributed by atoms with Gasteiger partial charge in [0.15, 0.2) is 0 Å². The Labute approximate surface area is 232 Å². The van der Waals surface area contributed by atoms with Crippen molar-refractivity contribution in [2.45, 2.75) is 149 Å². The van der Waals surface area contributed by atoms with Crippen LogP contribution in [0.5, 0.6) is 0 Å². The molecule has 0 aromatic heterocycles. The first-order valence-electron chi connectivity index (χ1n) is 15.7. The lowest BCUT2D eigenvalue weighted by molar-refractivity contribution is -0.923. The monoisotopic (exact) mass is 539 g/mol. The Morgan fingerprint density at radius 3 is 1.43 bits per heavy atom. The van der Waals surface area contributed by atoms with Gasteiger partial charge < -0.3 is 9.04 Å². The van der Waals surface area contributed by atoms with Crippen molar-refractivity contribution >= 4 is 10.1 Å². The molecule has 218 valence electrons. The van der Waals surface area contributed by atoms with Crippen molar-refractivity contribution in [3.63, 3.8) is 0 Å². The van der Waals surface area contributed by atoms with Crippen LogP contribution in [-0.4, -0.2) is 43.6 Å². The molecule has 0 saturated carbocycles. The Bertz CT molecular complexity index is 736. The van der Waals surface area contributed by atoms with Crippen LogP contribution in [-0.2, 0) is 16.5 Å². The first-order valence-corrected chi connectivity index (χ1v) is 17.1. The molecule has 0 fully saturated rings. The van der Waals surface area contributed by atoms with Crippen molar-refractivity contribution in [3.8, 4) is 0 Å². The Kier molecular flexibility index (Phi) is 22.5. The maximum atomic E-state index is 11.2. The highest BCUT2D eigenvalue weighted by Crippen LogP contribution is 2.18. The van der Waals surface area contributed by atoms with E-state index in [1.165, 1.54) is 127 Å². The number of aryl methyl sites for hydroxylation is 1. The second-order valence-electron chi connectivity index (χ2n) is 10.8. The highest BCUT2D eigenvalue weighted by molar-refractivity contribution is 7.85. The molecule has 1 rings (SSSR count). The van der Waals surface area contributed by atoms with Gasteiger partial charge in [-0.25, -0.2) is 8.42 Å². The van der Waals surface area contributed by atoms with E-state index in [0.717, 1.165) is 12.8 Å². The molecule has 0 amide bonds. The summed E-state index contributed by atoms with van der Waals surface area (Å²) >= 11 is 0. The molecule has 0 atom stereocenters. The van der Waals surface area contributed by atoms with Gasteiger partial charge in [-0.2, -0.15) is 0 Å². The number of nitrogens with zero attached hydrogens (tertiary/aromatic N) is 1. The van der Waals surface area contributed by atoms with Crippen LogP contribution in [0.15, 0.2) is 29.2 Å². The lowest BCUT2D eigenvalue weighted by Gasteiger charge is -2.35. The van der Waals surface area contributed by atoms with Gasteiger partial charge in [-0.15, -0.1) is 0 Å². The average molecular weight is 540 g/mol. The summed E-state index contributed by atoms with van der Waals surface area (Å²) in [5.74, 6) is 0. The normalized spacial score (nSPS) is 11.8. The molecule has 0 unspecified atom stereocenters. The van der Waals surface area contributed by atoms with Crippen LogP contribution >= 0.6 is 0 Å². The highest BCUT2D eigenvalue weighted by atomic mass is 32.2. The quantitative estimate of drug-likeness (QED) is 0.0838. The largest absolute Gasteiger partial charge is 0.744 e. The van der Waals surface area contributed by atoms with Gasteiger partial charge in [0.1, 0.15) is 10.1 Å². The first-order chi connectivity index (χ1) is 17.8. The number of hydrogen-bond acceptors (Lipinski definition) is 3. The maximum Gasteiger partial charge on any atom is 0.124 e. The first kappa shape index (κ1) is 36.1. The van der Waals surface area contributed by atoms with Crippen LogP contribution in [0, 0.1) is 0 Å². The van der Waals surface area contributed by atoms with E-state index in [1.807, 2.05) is 0 Å². The fourth-order valence-electron chi connectivity index (χ4n) is 5.13. The Balaban J connectivity index is 0.000000757. The zero-order valence-corrected chi connectivity index (χ0v) is 26.1. The van der Waals surface area contributed by atoms with Crippen molar-refractivity contribution in [1.82, 2.24) is 0 Å². The standard InChI is InChI=1S/C18H30O3S.C14H32N/c1-2-3-4-5-6-7-8-9-10-11-14-17-15-12-13-16-18(17)22(19,20)21;1-5-9-10-11-12-13-14-15(6-2,7-3)8-4/h12-13,15-16H,2-11,14H2,1H3,(H,19,20,21);5-14H2,1-4H3/q;+1/p-1. The molecule has 4 nitrogen and oxygen atoms in total. The molecule has 5 heteroatoms. The van der Waals surface area contributed by atoms with Crippen LogP contribution in [0.2, 0.25) is 0 Å². The Hall–Kier alpha value is -0.910. The van der Waals surface area contributed by atoms with Crippen molar-refractivity contribution in [3.05, 3.63) is 29.8 Å². The van der Waals surface area contributed by atoms with Crippen LogP contribution in [0.25, 0.3) is 0 Å². The third-order valence-corrected chi connectivity index (χ3v) is 8.98. The van der Waals surface area contributed by atoms with E-state index in [4.69, 9.17) is 0 Å². The Morgan fingerprint density at radius 2 is 1.00 bits per heavy atom. The van der Waals surface area contributed by atoms with E-state index in [1.54, 1.807) is 18.2 Å². The Morgan fingerprint density at radius 1 is 0.595 bits per heavy atom. The van der Waals surface area contributed by atoms with Gasteiger partial charge in [0.2, 0.25) is 0 Å². The predicted molar refractivity (Wildman–Crippen MR) is 160 cm³/mol. The fraction of sp³-hybridized carbons (Fsp3) is 0.812. The van der Waals surface area contributed by atoms with E-state index in [-0.39, 0.29) is 4.90 Å². The molecule has 0 aliphatic carbocycles. The second-order valence-corrected chi connectivity index (χ2v) is 12.1. The van der Waals surface area contributed by atoms with Gasteiger partial charge in [0, 0.05) is 0 Å². The van der Waals surface area contributed by atoms with Crippen LogP contribution in [0.4, 0.5) is 0 Å². The summed E-state index contributed by atoms with van der Waals surface area (Å²) in [6.45, 7) is 16.9. The summed E-state index contributed by atoms with van der Waals surface area (Å²) in [5.41, 5.74) is 0.664. The number of quaternary nitrogens is 1. The van der Waals surface area contributed by atoms with E-state index >= 15 is 0 Å². The fourth-order valence-corrected chi connectivity index (χ4v) is 5.87. The molecule has 0 aliphatic heterocycles. The van der Waals surface area contributed by atoms with Crippen molar-refractivity contribution < 1.29 is 17.5 Å². The molecule has 1 aromatic rings. The van der Waals surface area contributed by atoms with Crippen molar-refractivity contribution in [2.75, 3.05) is 26.2 Å². The van der Waals surface area contributed by atoms with Crippen LogP contribution in [0.1, 0.15) is 143 Å². The van der Waals surface area contributed by atoms with Gasteiger partial charge in [-0.1, -0.05) is 116 Å². The minimum atomic E-state index is -4.35. The molecule has 0 bridgehead atoms. The number of hydrogen-bond donors (Lipinski definition) is 0. The van der Waals surface area contributed by atoms with Gasteiger partial charge in [-0.3, -0.25) is 0 Å². The molecule has 1 aromatic carbocycles.